The summed E-state index contributed by atoms with van der Waals surface area (Å²) in [4.78, 5) is 24.8. The molecular weight excluding hydrogens is 274 g/mol. The van der Waals surface area contributed by atoms with Crippen LogP contribution in [0.25, 0.3) is 0 Å². The van der Waals surface area contributed by atoms with Crippen molar-refractivity contribution in [2.45, 2.75) is 25.7 Å². The first-order valence-corrected chi connectivity index (χ1v) is 6.86. The fourth-order valence-corrected chi connectivity index (χ4v) is 2.17. The highest BCUT2D eigenvalue weighted by Gasteiger charge is 2.35. The number of carboxylic acid groups (broad SMARTS) is 1. The molecule has 21 heavy (non-hydrogen) atoms. The van der Waals surface area contributed by atoms with E-state index in [-0.39, 0.29) is 19.1 Å². The van der Waals surface area contributed by atoms with Crippen LogP contribution >= 0.6 is 0 Å². The van der Waals surface area contributed by atoms with Gasteiger partial charge in [0.1, 0.15) is 6.10 Å². The number of nitrogens with zero attached hydrogens (tertiary/aromatic N) is 1. The lowest BCUT2D eigenvalue weighted by atomic mass is 10.2. The van der Waals surface area contributed by atoms with Crippen LogP contribution in [0.1, 0.15) is 12.5 Å². The first kappa shape index (κ1) is 15.5. The minimum atomic E-state index is -1.06. The maximum atomic E-state index is 12.3. The number of amides is 1. The van der Waals surface area contributed by atoms with Crippen LogP contribution in [0.3, 0.4) is 0 Å². The summed E-state index contributed by atoms with van der Waals surface area (Å²) in [6.45, 7) is 2.59. The molecule has 0 aliphatic carbocycles. The Hall–Kier alpha value is -1.92. The smallest absolute Gasteiger partial charge is 0.328 e. The molecule has 1 N–H and O–H groups in total. The third-order valence-corrected chi connectivity index (χ3v) is 3.39. The van der Waals surface area contributed by atoms with Crippen molar-refractivity contribution in [1.82, 2.24) is 4.90 Å². The predicted molar refractivity (Wildman–Crippen MR) is 74.6 cm³/mol. The predicted octanol–water partition coefficient (Wildman–Crippen LogP) is 0.904. The van der Waals surface area contributed by atoms with E-state index < -0.39 is 18.1 Å². The summed E-state index contributed by atoms with van der Waals surface area (Å²) < 4.78 is 10.7. The Labute approximate surface area is 123 Å². The zero-order valence-corrected chi connectivity index (χ0v) is 11.9. The quantitative estimate of drug-likeness (QED) is 0.873. The third kappa shape index (κ3) is 4.03. The Kier molecular flexibility index (Phi) is 5.30. The van der Waals surface area contributed by atoms with E-state index >= 15 is 0 Å². The topological polar surface area (TPSA) is 76.1 Å². The number of carboxylic acids is 1. The average molecular weight is 293 g/mol. The lowest BCUT2D eigenvalue weighted by molar-refractivity contribution is -0.164. The van der Waals surface area contributed by atoms with Gasteiger partial charge in [-0.15, -0.1) is 0 Å². The molecule has 114 valence electrons. The largest absolute Gasteiger partial charge is 0.480 e. The monoisotopic (exact) mass is 293 g/mol. The lowest BCUT2D eigenvalue weighted by Crippen LogP contribution is -2.55. The summed E-state index contributed by atoms with van der Waals surface area (Å²) in [6.07, 6.45) is -0.690. The molecule has 1 saturated heterocycles. The average Bonchev–Trinajstić information content (AvgIpc) is 2.52. The van der Waals surface area contributed by atoms with E-state index in [1.165, 1.54) is 4.90 Å². The fraction of sp³-hybridized carbons (Fsp3) is 0.467. The summed E-state index contributed by atoms with van der Waals surface area (Å²) in [5.74, 6) is -1.38. The summed E-state index contributed by atoms with van der Waals surface area (Å²) in [5.41, 5.74) is 0.967. The second-order valence-electron chi connectivity index (χ2n) is 4.90. The van der Waals surface area contributed by atoms with Gasteiger partial charge >= 0.3 is 5.97 Å². The van der Waals surface area contributed by atoms with Crippen molar-refractivity contribution < 1.29 is 24.2 Å². The van der Waals surface area contributed by atoms with E-state index in [1.807, 2.05) is 30.3 Å². The van der Waals surface area contributed by atoms with Crippen LogP contribution in [0.5, 0.6) is 0 Å². The first-order valence-electron chi connectivity index (χ1n) is 6.86. The maximum Gasteiger partial charge on any atom is 0.328 e. The highest BCUT2D eigenvalue weighted by atomic mass is 16.5. The van der Waals surface area contributed by atoms with Gasteiger partial charge in [0, 0.05) is 6.54 Å². The lowest BCUT2D eigenvalue weighted by Gasteiger charge is -2.34. The molecule has 2 atom stereocenters. The van der Waals surface area contributed by atoms with Crippen molar-refractivity contribution >= 4 is 11.9 Å². The van der Waals surface area contributed by atoms with E-state index in [4.69, 9.17) is 14.6 Å². The Balaban J connectivity index is 1.93. The first-order chi connectivity index (χ1) is 10.1. The van der Waals surface area contributed by atoms with Gasteiger partial charge in [-0.2, -0.15) is 0 Å². The van der Waals surface area contributed by atoms with Crippen molar-refractivity contribution in [2.75, 3.05) is 19.8 Å². The summed E-state index contributed by atoms with van der Waals surface area (Å²) >= 11 is 0. The normalized spacial score (nSPS) is 20.0. The Morgan fingerprint density at radius 1 is 1.43 bits per heavy atom. The second-order valence-corrected chi connectivity index (χ2v) is 4.90. The van der Waals surface area contributed by atoms with Crippen LogP contribution in [0, 0.1) is 0 Å². The van der Waals surface area contributed by atoms with Gasteiger partial charge < -0.3 is 19.5 Å². The van der Waals surface area contributed by atoms with Crippen molar-refractivity contribution in [3.8, 4) is 0 Å². The van der Waals surface area contributed by atoms with Gasteiger partial charge in [-0.05, 0) is 12.5 Å². The van der Waals surface area contributed by atoms with Crippen LogP contribution in [0.15, 0.2) is 30.3 Å². The SMILES string of the molecule is C[C@H](OCc1ccccc1)C(=O)N1CCOC[C@H]1C(=O)O. The zero-order chi connectivity index (χ0) is 15.2. The van der Waals surface area contributed by atoms with Crippen LogP contribution in [0.4, 0.5) is 0 Å². The van der Waals surface area contributed by atoms with Gasteiger partial charge in [0.05, 0.1) is 19.8 Å². The van der Waals surface area contributed by atoms with Crippen LogP contribution in [-0.4, -0.2) is 53.8 Å². The Morgan fingerprint density at radius 2 is 2.14 bits per heavy atom. The molecule has 1 aliphatic heterocycles. The van der Waals surface area contributed by atoms with Gasteiger partial charge in [0.25, 0.3) is 5.91 Å². The van der Waals surface area contributed by atoms with E-state index in [1.54, 1.807) is 6.92 Å². The maximum absolute atomic E-state index is 12.3. The molecule has 0 saturated carbocycles. The van der Waals surface area contributed by atoms with Crippen LogP contribution < -0.4 is 0 Å². The van der Waals surface area contributed by atoms with Gasteiger partial charge in [0.2, 0.25) is 0 Å². The summed E-state index contributed by atoms with van der Waals surface area (Å²) in [5, 5.41) is 9.13. The molecule has 6 nitrogen and oxygen atoms in total. The van der Waals surface area contributed by atoms with Gasteiger partial charge in [-0.1, -0.05) is 30.3 Å². The number of aliphatic carboxylic acids is 1. The molecule has 0 aromatic heterocycles. The molecule has 1 amide bonds. The van der Waals surface area contributed by atoms with E-state index in [0.717, 1.165) is 5.56 Å². The van der Waals surface area contributed by atoms with Crippen LogP contribution in [-0.2, 0) is 25.7 Å². The molecule has 0 bridgehead atoms. The molecule has 6 heteroatoms. The second kappa shape index (κ2) is 7.19. The molecular formula is C15H19NO5. The number of ether oxygens (including phenoxy) is 2. The van der Waals surface area contributed by atoms with Crippen molar-refractivity contribution in [2.24, 2.45) is 0 Å². The Morgan fingerprint density at radius 3 is 2.81 bits per heavy atom. The molecule has 0 spiro atoms. The van der Waals surface area contributed by atoms with E-state index in [9.17, 15) is 9.59 Å². The number of hydrogen-bond donors (Lipinski definition) is 1. The molecule has 1 aliphatic rings. The molecule has 1 fully saturated rings. The number of morpholine rings is 1. The zero-order valence-electron chi connectivity index (χ0n) is 11.9. The fourth-order valence-electron chi connectivity index (χ4n) is 2.17. The van der Waals surface area contributed by atoms with Crippen LogP contribution in [0.2, 0.25) is 0 Å². The molecule has 0 unspecified atom stereocenters. The minimum absolute atomic E-state index is 0.0203. The van der Waals surface area contributed by atoms with E-state index in [0.29, 0.717) is 13.2 Å². The molecule has 1 heterocycles. The molecule has 0 radical (unpaired) electrons. The van der Waals surface area contributed by atoms with Crippen molar-refractivity contribution in [3.63, 3.8) is 0 Å². The van der Waals surface area contributed by atoms with Gasteiger partial charge in [-0.3, -0.25) is 4.79 Å². The van der Waals surface area contributed by atoms with Crippen molar-refractivity contribution in [1.29, 1.82) is 0 Å². The third-order valence-electron chi connectivity index (χ3n) is 3.39. The molecule has 2 rings (SSSR count). The van der Waals surface area contributed by atoms with Gasteiger partial charge in [0.15, 0.2) is 6.04 Å². The summed E-state index contributed by atoms with van der Waals surface area (Å²) in [6, 6.07) is 8.58. The van der Waals surface area contributed by atoms with E-state index in [2.05, 4.69) is 0 Å². The number of carbonyl (C=O) groups is 2. The highest BCUT2D eigenvalue weighted by molar-refractivity contribution is 5.86. The minimum Gasteiger partial charge on any atom is -0.480 e. The number of benzene rings is 1. The number of carbonyl (C=O) groups excluding carboxylic acids is 1. The standard InChI is InChI=1S/C15H19NO5/c1-11(21-9-12-5-3-2-4-6-12)14(17)16-7-8-20-10-13(16)15(18)19/h2-6,11,13H,7-10H2,1H3,(H,18,19)/t11-,13-/m0/s1. The highest BCUT2D eigenvalue weighted by Crippen LogP contribution is 2.12. The number of hydrogen-bond acceptors (Lipinski definition) is 4. The van der Waals surface area contributed by atoms with Crippen molar-refractivity contribution in [3.05, 3.63) is 35.9 Å². The molecule has 1 aromatic carbocycles. The Bertz CT molecular complexity index is 490. The summed E-state index contributed by atoms with van der Waals surface area (Å²) in [7, 11) is 0. The van der Waals surface area contributed by atoms with Gasteiger partial charge in [-0.25, -0.2) is 4.79 Å². The molecule has 1 aromatic rings. The number of rotatable bonds is 5.